The predicted octanol–water partition coefficient (Wildman–Crippen LogP) is 7.43. The van der Waals surface area contributed by atoms with Crippen LogP contribution in [-0.2, 0) is 3.74 Å². The second-order valence-corrected chi connectivity index (χ2v) is 15.0. The fourth-order valence-electron chi connectivity index (χ4n) is 4.54. The van der Waals surface area contributed by atoms with Crippen LogP contribution >= 0.6 is 10.3 Å². The van der Waals surface area contributed by atoms with Crippen molar-refractivity contribution in [1.29, 1.82) is 0 Å². The minimum absolute atomic E-state index is 0.582. The third-order valence-corrected chi connectivity index (χ3v) is 11.3. The van der Waals surface area contributed by atoms with Gasteiger partial charge in [0.2, 0.25) is 0 Å². The van der Waals surface area contributed by atoms with Gasteiger partial charge in [-0.25, -0.2) is 0 Å². The third kappa shape index (κ3) is 24.3. The highest BCUT2D eigenvalue weighted by Crippen LogP contribution is 2.53. The summed E-state index contributed by atoms with van der Waals surface area (Å²) in [6.45, 7) is 8.54. The summed E-state index contributed by atoms with van der Waals surface area (Å²) in [5.74, 6) is 2.02. The minimum atomic E-state index is -4.39. The molecule has 0 fully saturated rings. The molecule has 35 heavy (non-hydrogen) atoms. The molecule has 0 aliphatic carbocycles. The first-order valence-electron chi connectivity index (χ1n) is 14.8. The molecule has 212 valence electrons. The molecule has 0 saturated heterocycles. The molecule has 0 spiro atoms. The normalized spacial score (nSPS) is 12.8. The fourth-order valence-corrected chi connectivity index (χ4v) is 9.20. The van der Waals surface area contributed by atoms with E-state index in [1.54, 1.807) is 0 Å². The maximum atomic E-state index is 11.7. The molecule has 0 atom stereocenters. The van der Waals surface area contributed by atoms with E-state index in [1.165, 1.54) is 103 Å². The van der Waals surface area contributed by atoms with Crippen molar-refractivity contribution in [3.05, 3.63) is 11.6 Å². The summed E-state index contributed by atoms with van der Waals surface area (Å²) < 4.78 is 40.3. The number of hydrogen-bond acceptors (Lipinski definition) is 4. The molecule has 0 unspecified atom stereocenters. The first kappa shape index (κ1) is 35.2. The van der Waals surface area contributed by atoms with E-state index in [0.717, 1.165) is 42.8 Å². The van der Waals surface area contributed by atoms with E-state index < -0.39 is 20.6 Å². The summed E-state index contributed by atoms with van der Waals surface area (Å²) in [7, 11) is -6.35. The number of halogens is 1. The second-order valence-electron chi connectivity index (χ2n) is 10.6. The van der Waals surface area contributed by atoms with Gasteiger partial charge in [-0.05, 0) is 26.7 Å². The van der Waals surface area contributed by atoms with Crippen LogP contribution < -0.4 is 14.0 Å². The summed E-state index contributed by atoms with van der Waals surface area (Å²) in [4.78, 5) is 0. The number of allylic oxidation sites excluding steroid dienone is 1. The molecule has 0 aliphatic heterocycles. The van der Waals surface area contributed by atoms with Gasteiger partial charge in [-0.15, -0.1) is 0 Å². The van der Waals surface area contributed by atoms with Gasteiger partial charge in [-0.1, -0.05) is 141 Å². The lowest BCUT2D eigenvalue weighted by atomic mass is 10.1. The Morgan fingerprint density at radius 1 is 0.571 bits per heavy atom. The average Bonchev–Trinajstić information content (AvgIpc) is 2.79. The second kappa shape index (κ2) is 23.3. The van der Waals surface area contributed by atoms with Crippen molar-refractivity contribution in [1.82, 2.24) is 0 Å². The molecule has 0 rings (SSSR count). The molecule has 0 bridgehead atoms. The van der Waals surface area contributed by atoms with Crippen molar-refractivity contribution in [3.63, 3.8) is 0 Å². The Morgan fingerprint density at radius 3 is 1.17 bits per heavy atom. The van der Waals surface area contributed by atoms with Crippen LogP contribution in [0, 0.1) is 10.2 Å². The zero-order valence-corrected chi connectivity index (χ0v) is 25.3. The van der Waals surface area contributed by atoms with Crippen LogP contribution in [0.25, 0.3) is 0 Å². The molecule has 0 N–H and O–H groups in total. The van der Waals surface area contributed by atoms with E-state index in [4.69, 9.17) is 3.74 Å². The minimum Gasteiger partial charge on any atom is -0.182 e. The highest BCUT2D eigenvalue weighted by Gasteiger charge is 2.39. The molecule has 0 saturated carbocycles. The van der Waals surface area contributed by atoms with Gasteiger partial charge in [0, 0.05) is 27.6 Å². The van der Waals surface area contributed by atoms with Crippen LogP contribution in [0.1, 0.15) is 156 Å². The Labute approximate surface area is 222 Å². The molecular formula is C29H59ClO4S. The van der Waals surface area contributed by atoms with Gasteiger partial charge in [0.15, 0.2) is 0 Å². The van der Waals surface area contributed by atoms with Crippen LogP contribution in [0.5, 0.6) is 0 Å². The van der Waals surface area contributed by atoms with Crippen LogP contribution in [0.3, 0.4) is 0 Å². The molecule has 0 amide bonds. The average molecular weight is 539 g/mol. The van der Waals surface area contributed by atoms with Crippen LogP contribution in [0.4, 0.5) is 0 Å². The van der Waals surface area contributed by atoms with E-state index >= 15 is 0 Å². The summed E-state index contributed by atoms with van der Waals surface area (Å²) in [5.41, 5.74) is 1.15. The number of hydrogen-bond donors (Lipinski definition) is 0. The van der Waals surface area contributed by atoms with Crippen LogP contribution in [0.2, 0.25) is 0 Å². The Hall–Kier alpha value is 0.220. The van der Waals surface area contributed by atoms with Gasteiger partial charge in [0.1, 0.15) is 3.74 Å². The standard InChI is InChI=1S/C29H59ClO4S/c1-5-7-9-11-13-15-17-19-21-23-26-35(28-25-29(3)4,34-30(31,32)33)27-24-22-20-18-16-14-12-10-8-6-2/h25H,5-24,26-28H2,1-4H3. The fraction of sp³-hybridized carbons (Fsp3) is 0.931. The van der Waals surface area contributed by atoms with Crippen molar-refractivity contribution < 1.29 is 28.0 Å². The largest absolute Gasteiger partial charge is 0.182 e. The Kier molecular flexibility index (Phi) is 23.5. The van der Waals surface area contributed by atoms with Crippen LogP contribution in [0.15, 0.2) is 11.6 Å². The van der Waals surface area contributed by atoms with E-state index in [2.05, 4.69) is 19.9 Å². The lowest BCUT2D eigenvalue weighted by Crippen LogP contribution is -2.61. The number of unbranched alkanes of at least 4 members (excludes halogenated alkanes) is 18. The summed E-state index contributed by atoms with van der Waals surface area (Å²) in [6.07, 6.45) is 26.9. The molecule has 0 aromatic heterocycles. The highest BCUT2D eigenvalue weighted by atomic mass is 35.7. The zero-order chi connectivity index (χ0) is 26.3. The molecule has 0 radical (unpaired) electrons. The Balaban J connectivity index is 4.51. The highest BCUT2D eigenvalue weighted by molar-refractivity contribution is 8.29. The molecule has 6 heteroatoms. The lowest BCUT2D eigenvalue weighted by Gasteiger charge is -2.33. The Bertz CT molecular complexity index is 466. The van der Waals surface area contributed by atoms with Crippen molar-refractivity contribution >= 4 is 10.3 Å². The van der Waals surface area contributed by atoms with Gasteiger partial charge in [0.05, 0.1) is 10.2 Å². The van der Waals surface area contributed by atoms with Crippen molar-refractivity contribution in [3.8, 4) is 0 Å². The summed E-state index contributed by atoms with van der Waals surface area (Å²) in [6, 6.07) is 0. The molecule has 0 heterocycles. The van der Waals surface area contributed by atoms with E-state index in [-0.39, 0.29) is 0 Å². The van der Waals surface area contributed by atoms with Crippen molar-refractivity contribution in [2.75, 3.05) is 17.3 Å². The van der Waals surface area contributed by atoms with Crippen LogP contribution in [-0.4, -0.2) is 17.3 Å². The SMILES string of the molecule is CCCCCCCCCCCCS(CC=C(C)C)(CCCCCCCCCCCC)O[Cl+3]([O-])([O-])[O-]. The monoisotopic (exact) mass is 538 g/mol. The van der Waals surface area contributed by atoms with Gasteiger partial charge < -0.3 is 0 Å². The molecule has 0 aromatic carbocycles. The maximum absolute atomic E-state index is 11.7. The quantitative estimate of drug-likeness (QED) is 0.0846. The zero-order valence-electron chi connectivity index (χ0n) is 23.8. The van der Waals surface area contributed by atoms with Gasteiger partial charge >= 0.3 is 0 Å². The molecule has 4 nitrogen and oxygen atoms in total. The molecule has 0 aliphatic rings. The Morgan fingerprint density at radius 2 is 0.886 bits per heavy atom. The number of rotatable bonds is 26. The third-order valence-electron chi connectivity index (χ3n) is 6.75. The van der Waals surface area contributed by atoms with Crippen molar-refractivity contribution in [2.24, 2.45) is 0 Å². The van der Waals surface area contributed by atoms with E-state index in [9.17, 15) is 14.0 Å². The van der Waals surface area contributed by atoms with Gasteiger partial charge in [-0.3, -0.25) is 0 Å². The molecular weight excluding hydrogens is 480 g/mol. The van der Waals surface area contributed by atoms with E-state index in [1.807, 2.05) is 13.8 Å². The summed E-state index contributed by atoms with van der Waals surface area (Å²) >= 11 is 0. The van der Waals surface area contributed by atoms with Gasteiger partial charge in [-0.2, -0.15) is 14.0 Å². The smallest absolute Gasteiger partial charge is 0.121 e. The summed E-state index contributed by atoms with van der Waals surface area (Å²) in [5, 5.41) is 0. The first-order valence-corrected chi connectivity index (χ1v) is 18.1. The van der Waals surface area contributed by atoms with Crippen molar-refractivity contribution in [2.45, 2.75) is 156 Å². The molecule has 0 aromatic rings. The predicted molar refractivity (Wildman–Crippen MR) is 146 cm³/mol. The van der Waals surface area contributed by atoms with Gasteiger partial charge in [0.25, 0.3) is 0 Å². The first-order chi connectivity index (χ1) is 16.7. The lowest BCUT2D eigenvalue weighted by molar-refractivity contribution is -1.91. The van der Waals surface area contributed by atoms with E-state index in [0.29, 0.717) is 5.75 Å². The topological polar surface area (TPSA) is 78.4 Å². The maximum Gasteiger partial charge on any atom is 0.121 e.